The summed E-state index contributed by atoms with van der Waals surface area (Å²) in [7, 11) is 1.61. The predicted octanol–water partition coefficient (Wildman–Crippen LogP) is 4.22. The summed E-state index contributed by atoms with van der Waals surface area (Å²) in [6.45, 7) is 0. The molecule has 0 bridgehead atoms. The van der Waals surface area contributed by atoms with Gasteiger partial charge >= 0.3 is 0 Å². The van der Waals surface area contributed by atoms with E-state index in [0.29, 0.717) is 5.02 Å². The Bertz CT molecular complexity index is 529. The number of benzene rings is 1. The second kappa shape index (κ2) is 5.40. The van der Waals surface area contributed by atoms with Gasteiger partial charge in [0.25, 0.3) is 0 Å². The highest BCUT2D eigenvalue weighted by molar-refractivity contribution is 9.10. The summed E-state index contributed by atoms with van der Waals surface area (Å²) in [4.78, 5) is 1.07. The van der Waals surface area contributed by atoms with Crippen molar-refractivity contribution < 1.29 is 4.74 Å². The van der Waals surface area contributed by atoms with E-state index >= 15 is 0 Å². The van der Waals surface area contributed by atoms with Crippen molar-refractivity contribution in [2.75, 3.05) is 7.11 Å². The van der Waals surface area contributed by atoms with Gasteiger partial charge in [-0.15, -0.1) is 11.3 Å². The molecule has 0 amide bonds. The first kappa shape index (κ1) is 12.9. The van der Waals surface area contributed by atoms with Gasteiger partial charge in [-0.2, -0.15) is 0 Å². The fraction of sp³-hybridized carbons (Fsp3) is 0.167. The van der Waals surface area contributed by atoms with Gasteiger partial charge in [-0.25, -0.2) is 0 Å². The summed E-state index contributed by atoms with van der Waals surface area (Å²) < 4.78 is 6.13. The average Bonchev–Trinajstić information content (AvgIpc) is 2.74. The quantitative estimate of drug-likeness (QED) is 0.913. The fourth-order valence-corrected chi connectivity index (χ4v) is 3.48. The maximum absolute atomic E-state index is 6.21. The summed E-state index contributed by atoms with van der Waals surface area (Å²) in [6.07, 6.45) is 0. The minimum absolute atomic E-state index is 0.220. The molecule has 0 radical (unpaired) electrons. The van der Waals surface area contributed by atoms with Crippen LogP contribution < -0.4 is 10.5 Å². The summed E-state index contributed by atoms with van der Waals surface area (Å²) >= 11 is 11.3. The van der Waals surface area contributed by atoms with Crippen LogP contribution in [-0.2, 0) is 0 Å². The van der Waals surface area contributed by atoms with Crippen molar-refractivity contribution in [2.45, 2.75) is 6.04 Å². The van der Waals surface area contributed by atoms with Crippen LogP contribution in [0.15, 0.2) is 34.1 Å². The lowest BCUT2D eigenvalue weighted by Gasteiger charge is -2.13. The Balaban J connectivity index is 2.38. The Labute approximate surface area is 117 Å². The smallest absolute Gasteiger partial charge is 0.120 e. The van der Waals surface area contributed by atoms with Gasteiger partial charge in [-0.05, 0) is 45.1 Å². The molecule has 17 heavy (non-hydrogen) atoms. The number of methoxy groups -OCH3 is 1. The lowest BCUT2D eigenvalue weighted by Crippen LogP contribution is -2.11. The summed E-state index contributed by atoms with van der Waals surface area (Å²) in [5.74, 6) is 0.733. The third-order valence-electron chi connectivity index (χ3n) is 2.47. The van der Waals surface area contributed by atoms with E-state index in [-0.39, 0.29) is 6.04 Å². The number of hydrogen-bond donors (Lipinski definition) is 1. The van der Waals surface area contributed by atoms with Crippen LogP contribution in [0.5, 0.6) is 5.75 Å². The minimum atomic E-state index is -0.220. The van der Waals surface area contributed by atoms with Crippen molar-refractivity contribution in [3.8, 4) is 5.75 Å². The normalized spacial score (nSPS) is 12.5. The summed E-state index contributed by atoms with van der Waals surface area (Å²) in [5, 5.41) is 2.62. The zero-order chi connectivity index (χ0) is 12.4. The summed E-state index contributed by atoms with van der Waals surface area (Å²) in [6, 6.07) is 7.30. The number of thiophene rings is 1. The molecule has 0 fully saturated rings. The third-order valence-corrected chi connectivity index (χ3v) is 4.75. The molecule has 0 aliphatic rings. The topological polar surface area (TPSA) is 35.2 Å². The van der Waals surface area contributed by atoms with E-state index in [1.54, 1.807) is 24.5 Å². The van der Waals surface area contributed by atoms with Crippen LogP contribution in [0.2, 0.25) is 5.02 Å². The molecule has 2 nitrogen and oxygen atoms in total. The SMILES string of the molecule is COc1ccc(C(N)c2sccc2Br)c(Cl)c1. The van der Waals surface area contributed by atoms with Crippen molar-refractivity contribution in [3.05, 3.63) is 49.6 Å². The maximum Gasteiger partial charge on any atom is 0.120 e. The molecule has 0 aliphatic carbocycles. The van der Waals surface area contributed by atoms with Crippen molar-refractivity contribution in [2.24, 2.45) is 5.73 Å². The van der Waals surface area contributed by atoms with Crippen LogP contribution >= 0.6 is 38.9 Å². The van der Waals surface area contributed by atoms with Crippen molar-refractivity contribution in [1.29, 1.82) is 0 Å². The van der Waals surface area contributed by atoms with E-state index in [9.17, 15) is 0 Å². The number of halogens is 2. The first-order valence-electron chi connectivity index (χ1n) is 4.95. The highest BCUT2D eigenvalue weighted by atomic mass is 79.9. The van der Waals surface area contributed by atoms with E-state index in [0.717, 1.165) is 20.7 Å². The second-order valence-corrected chi connectivity index (χ2v) is 5.71. The van der Waals surface area contributed by atoms with Gasteiger partial charge in [-0.1, -0.05) is 17.7 Å². The van der Waals surface area contributed by atoms with Crippen LogP contribution in [0.3, 0.4) is 0 Å². The molecule has 1 unspecified atom stereocenters. The van der Waals surface area contributed by atoms with Gasteiger partial charge in [0, 0.05) is 14.4 Å². The van der Waals surface area contributed by atoms with Crippen LogP contribution in [0, 0.1) is 0 Å². The molecule has 0 saturated heterocycles. The Kier molecular flexibility index (Phi) is 4.09. The summed E-state index contributed by atoms with van der Waals surface area (Å²) in [5.41, 5.74) is 7.11. The van der Waals surface area contributed by atoms with Crippen LogP contribution in [0.4, 0.5) is 0 Å². The van der Waals surface area contributed by atoms with Crippen molar-refractivity contribution >= 4 is 38.9 Å². The van der Waals surface area contributed by atoms with Gasteiger partial charge in [-0.3, -0.25) is 0 Å². The molecule has 1 atom stereocenters. The monoisotopic (exact) mass is 331 g/mol. The molecule has 0 spiro atoms. The van der Waals surface area contributed by atoms with Gasteiger partial charge in [0.1, 0.15) is 5.75 Å². The van der Waals surface area contributed by atoms with Crippen molar-refractivity contribution in [1.82, 2.24) is 0 Å². The van der Waals surface area contributed by atoms with E-state index in [2.05, 4.69) is 15.9 Å². The number of hydrogen-bond acceptors (Lipinski definition) is 3. The molecule has 0 saturated carbocycles. The molecular formula is C12H11BrClNOS. The molecule has 2 aromatic rings. The van der Waals surface area contributed by atoms with Crippen LogP contribution in [0.1, 0.15) is 16.5 Å². The standard InChI is InChI=1S/C12H11BrClNOS/c1-16-7-2-3-8(10(14)6-7)11(15)12-9(13)4-5-17-12/h2-6,11H,15H2,1H3. The lowest BCUT2D eigenvalue weighted by molar-refractivity contribution is 0.414. The minimum Gasteiger partial charge on any atom is -0.497 e. The van der Waals surface area contributed by atoms with E-state index in [1.165, 1.54) is 0 Å². The molecule has 5 heteroatoms. The number of ether oxygens (including phenoxy) is 1. The average molecular weight is 333 g/mol. The van der Waals surface area contributed by atoms with E-state index in [4.69, 9.17) is 22.1 Å². The number of rotatable bonds is 3. The Morgan fingerprint density at radius 2 is 2.18 bits per heavy atom. The van der Waals surface area contributed by atoms with Crippen LogP contribution in [0.25, 0.3) is 0 Å². The Morgan fingerprint density at radius 1 is 1.41 bits per heavy atom. The van der Waals surface area contributed by atoms with E-state index in [1.807, 2.05) is 23.6 Å². The molecule has 2 N–H and O–H groups in total. The van der Waals surface area contributed by atoms with Crippen LogP contribution in [-0.4, -0.2) is 7.11 Å². The van der Waals surface area contributed by atoms with Gasteiger partial charge in [0.05, 0.1) is 13.2 Å². The van der Waals surface area contributed by atoms with Gasteiger partial charge in [0.2, 0.25) is 0 Å². The molecule has 2 rings (SSSR count). The predicted molar refractivity (Wildman–Crippen MR) is 76.1 cm³/mol. The molecular weight excluding hydrogens is 322 g/mol. The lowest BCUT2D eigenvalue weighted by atomic mass is 10.1. The molecule has 1 aromatic carbocycles. The zero-order valence-electron chi connectivity index (χ0n) is 9.11. The number of nitrogens with two attached hydrogens (primary N) is 1. The highest BCUT2D eigenvalue weighted by Crippen LogP contribution is 2.35. The first-order chi connectivity index (χ1) is 8.13. The second-order valence-electron chi connectivity index (χ2n) is 3.50. The van der Waals surface area contributed by atoms with Crippen molar-refractivity contribution in [3.63, 3.8) is 0 Å². The van der Waals surface area contributed by atoms with Gasteiger partial charge < -0.3 is 10.5 Å². The highest BCUT2D eigenvalue weighted by Gasteiger charge is 2.16. The van der Waals surface area contributed by atoms with E-state index < -0.39 is 0 Å². The Morgan fingerprint density at radius 3 is 2.71 bits per heavy atom. The molecule has 1 heterocycles. The van der Waals surface area contributed by atoms with Gasteiger partial charge in [0.15, 0.2) is 0 Å². The zero-order valence-corrected chi connectivity index (χ0v) is 12.3. The third kappa shape index (κ3) is 2.65. The largest absolute Gasteiger partial charge is 0.497 e. The Hall–Kier alpha value is -0.550. The fourth-order valence-electron chi connectivity index (χ4n) is 1.56. The molecule has 90 valence electrons. The first-order valence-corrected chi connectivity index (χ1v) is 7.00. The maximum atomic E-state index is 6.21. The molecule has 1 aromatic heterocycles. The molecule has 0 aliphatic heterocycles.